The largest absolute Gasteiger partial charge is 0.450 e. The third-order valence-electron chi connectivity index (χ3n) is 3.89. The molecule has 140 valence electrons. The second-order valence-electron chi connectivity index (χ2n) is 5.82. The van der Waals surface area contributed by atoms with Crippen LogP contribution in [0, 0.1) is 0 Å². The van der Waals surface area contributed by atoms with Gasteiger partial charge in [0, 0.05) is 29.6 Å². The summed E-state index contributed by atoms with van der Waals surface area (Å²) in [4.78, 5) is 24.3. The predicted molar refractivity (Wildman–Crippen MR) is 101 cm³/mol. The highest BCUT2D eigenvalue weighted by Gasteiger charge is 2.22. The number of ether oxygens (including phenoxy) is 2. The van der Waals surface area contributed by atoms with E-state index in [1.165, 1.54) is 7.11 Å². The summed E-state index contributed by atoms with van der Waals surface area (Å²) in [5, 5.41) is 4.03. The number of para-hydroxylation sites is 1. The van der Waals surface area contributed by atoms with Gasteiger partial charge in [0.1, 0.15) is 5.58 Å². The standard InChI is InChI=1S/C20H18ClNO5/c1-25-11-16-15-7-2-3-8-17(15)27-19(16)20(24)26-12-18(23)22-10-13-5-4-6-14(21)9-13/h2-9H,10-12H2,1H3,(H,22,23). The topological polar surface area (TPSA) is 77.8 Å². The molecule has 1 N–H and O–H groups in total. The Hall–Kier alpha value is -2.83. The molecule has 1 heterocycles. The van der Waals surface area contributed by atoms with Gasteiger partial charge in [0.2, 0.25) is 5.76 Å². The number of benzene rings is 2. The van der Waals surface area contributed by atoms with Gasteiger partial charge in [0.05, 0.1) is 6.61 Å². The quantitative estimate of drug-likeness (QED) is 0.625. The monoisotopic (exact) mass is 387 g/mol. The molecule has 0 aliphatic rings. The van der Waals surface area contributed by atoms with Crippen molar-refractivity contribution in [3.63, 3.8) is 0 Å². The van der Waals surface area contributed by atoms with Gasteiger partial charge < -0.3 is 19.2 Å². The van der Waals surface area contributed by atoms with E-state index < -0.39 is 18.5 Å². The van der Waals surface area contributed by atoms with Crippen LogP contribution in [-0.4, -0.2) is 25.6 Å². The van der Waals surface area contributed by atoms with E-state index in [1.807, 2.05) is 18.2 Å². The molecule has 0 unspecified atom stereocenters. The van der Waals surface area contributed by atoms with Gasteiger partial charge in [-0.1, -0.05) is 41.9 Å². The Bertz CT molecular complexity index is 966. The number of amides is 1. The number of furan rings is 1. The fourth-order valence-corrected chi connectivity index (χ4v) is 2.86. The van der Waals surface area contributed by atoms with Crippen LogP contribution in [0.1, 0.15) is 21.7 Å². The minimum absolute atomic E-state index is 0.0423. The maximum Gasteiger partial charge on any atom is 0.375 e. The summed E-state index contributed by atoms with van der Waals surface area (Å²) in [6.45, 7) is 0.0712. The van der Waals surface area contributed by atoms with E-state index >= 15 is 0 Å². The normalized spacial score (nSPS) is 10.7. The van der Waals surface area contributed by atoms with Gasteiger partial charge in [0.15, 0.2) is 6.61 Å². The van der Waals surface area contributed by atoms with Crippen molar-refractivity contribution in [2.24, 2.45) is 0 Å². The number of nitrogens with one attached hydrogen (secondary N) is 1. The Kier molecular flexibility index (Phi) is 6.11. The Labute approximate surface area is 161 Å². The fraction of sp³-hybridized carbons (Fsp3) is 0.200. The first kappa shape index (κ1) is 18.9. The molecule has 6 nitrogen and oxygen atoms in total. The summed E-state index contributed by atoms with van der Waals surface area (Å²) < 4.78 is 15.8. The Balaban J connectivity index is 1.61. The zero-order valence-electron chi connectivity index (χ0n) is 14.7. The maximum absolute atomic E-state index is 12.4. The highest BCUT2D eigenvalue weighted by molar-refractivity contribution is 6.30. The molecular weight excluding hydrogens is 370 g/mol. The Morgan fingerprint density at radius 1 is 1.15 bits per heavy atom. The summed E-state index contributed by atoms with van der Waals surface area (Å²) in [6, 6.07) is 14.4. The molecule has 3 aromatic rings. The number of rotatable bonds is 7. The van der Waals surface area contributed by atoms with Gasteiger partial charge in [-0.15, -0.1) is 0 Å². The lowest BCUT2D eigenvalue weighted by Crippen LogP contribution is -2.28. The van der Waals surface area contributed by atoms with Crippen molar-refractivity contribution in [2.45, 2.75) is 13.2 Å². The van der Waals surface area contributed by atoms with Gasteiger partial charge >= 0.3 is 5.97 Å². The van der Waals surface area contributed by atoms with Gasteiger partial charge in [-0.3, -0.25) is 4.79 Å². The number of carbonyl (C=O) groups is 2. The average molecular weight is 388 g/mol. The van der Waals surface area contributed by atoms with Gasteiger partial charge in [-0.05, 0) is 23.8 Å². The zero-order valence-corrected chi connectivity index (χ0v) is 15.4. The molecule has 0 fully saturated rings. The van der Waals surface area contributed by atoms with Crippen molar-refractivity contribution in [2.75, 3.05) is 13.7 Å². The number of hydrogen-bond donors (Lipinski definition) is 1. The van der Waals surface area contributed by atoms with Crippen LogP contribution in [0.25, 0.3) is 11.0 Å². The van der Waals surface area contributed by atoms with Crippen molar-refractivity contribution in [1.29, 1.82) is 0 Å². The molecule has 0 saturated heterocycles. The van der Waals surface area contributed by atoms with Crippen LogP contribution in [0.3, 0.4) is 0 Å². The van der Waals surface area contributed by atoms with E-state index in [4.69, 9.17) is 25.5 Å². The second-order valence-corrected chi connectivity index (χ2v) is 6.26. The molecule has 0 saturated carbocycles. The molecule has 0 aliphatic carbocycles. The third kappa shape index (κ3) is 4.67. The van der Waals surface area contributed by atoms with Crippen molar-refractivity contribution in [3.8, 4) is 0 Å². The number of hydrogen-bond acceptors (Lipinski definition) is 5. The van der Waals surface area contributed by atoms with E-state index in [9.17, 15) is 9.59 Å². The SMILES string of the molecule is COCc1c(C(=O)OCC(=O)NCc2cccc(Cl)c2)oc2ccccc12. The number of methoxy groups -OCH3 is 1. The van der Waals surface area contributed by atoms with Crippen LogP contribution in [0.15, 0.2) is 52.9 Å². The Morgan fingerprint density at radius 3 is 2.74 bits per heavy atom. The van der Waals surface area contributed by atoms with Crippen LogP contribution in [0.2, 0.25) is 5.02 Å². The summed E-state index contributed by atoms with van der Waals surface area (Å²) >= 11 is 5.90. The highest BCUT2D eigenvalue weighted by atomic mass is 35.5. The van der Waals surface area contributed by atoms with Crippen molar-refractivity contribution < 1.29 is 23.5 Å². The van der Waals surface area contributed by atoms with Crippen LogP contribution >= 0.6 is 11.6 Å². The summed E-state index contributed by atoms with van der Waals surface area (Å²) in [5.74, 6) is -1.09. The van der Waals surface area contributed by atoms with E-state index in [-0.39, 0.29) is 18.9 Å². The van der Waals surface area contributed by atoms with Gasteiger partial charge in [0.25, 0.3) is 5.91 Å². The van der Waals surface area contributed by atoms with E-state index in [0.717, 1.165) is 10.9 Å². The summed E-state index contributed by atoms with van der Waals surface area (Å²) in [5.41, 5.74) is 2.00. The zero-order chi connectivity index (χ0) is 19.2. The number of fused-ring (bicyclic) bond motifs is 1. The van der Waals surface area contributed by atoms with Gasteiger partial charge in [-0.2, -0.15) is 0 Å². The molecule has 0 radical (unpaired) electrons. The van der Waals surface area contributed by atoms with E-state index in [0.29, 0.717) is 16.2 Å². The van der Waals surface area contributed by atoms with Crippen LogP contribution in [-0.2, 0) is 27.4 Å². The maximum atomic E-state index is 12.4. The molecule has 7 heteroatoms. The minimum Gasteiger partial charge on any atom is -0.450 e. The average Bonchev–Trinajstić information content (AvgIpc) is 3.04. The molecule has 0 bridgehead atoms. The molecule has 0 aliphatic heterocycles. The molecule has 1 aromatic heterocycles. The Morgan fingerprint density at radius 2 is 1.96 bits per heavy atom. The molecule has 0 atom stereocenters. The first-order chi connectivity index (χ1) is 13.1. The number of esters is 1. The molecular formula is C20H18ClNO5. The van der Waals surface area contributed by atoms with Crippen molar-refractivity contribution in [1.82, 2.24) is 5.32 Å². The summed E-state index contributed by atoms with van der Waals surface area (Å²) in [6.07, 6.45) is 0. The highest BCUT2D eigenvalue weighted by Crippen LogP contribution is 2.27. The molecule has 2 aromatic carbocycles. The minimum atomic E-state index is -0.712. The second kappa shape index (κ2) is 8.70. The molecule has 27 heavy (non-hydrogen) atoms. The fourth-order valence-electron chi connectivity index (χ4n) is 2.65. The van der Waals surface area contributed by atoms with Crippen molar-refractivity contribution in [3.05, 3.63) is 70.4 Å². The van der Waals surface area contributed by atoms with Gasteiger partial charge in [-0.25, -0.2) is 4.79 Å². The van der Waals surface area contributed by atoms with Crippen LogP contribution in [0.4, 0.5) is 0 Å². The van der Waals surface area contributed by atoms with Crippen LogP contribution in [0.5, 0.6) is 0 Å². The first-order valence-electron chi connectivity index (χ1n) is 8.26. The third-order valence-corrected chi connectivity index (χ3v) is 4.12. The smallest absolute Gasteiger partial charge is 0.375 e. The number of carbonyl (C=O) groups excluding carboxylic acids is 2. The van der Waals surface area contributed by atoms with Crippen molar-refractivity contribution >= 4 is 34.4 Å². The molecule has 0 spiro atoms. The lowest BCUT2D eigenvalue weighted by molar-refractivity contribution is -0.124. The lowest BCUT2D eigenvalue weighted by atomic mass is 10.1. The van der Waals surface area contributed by atoms with Crippen LogP contribution < -0.4 is 5.32 Å². The predicted octanol–water partition coefficient (Wildman–Crippen LogP) is 3.71. The lowest BCUT2D eigenvalue weighted by Gasteiger charge is -2.07. The van der Waals surface area contributed by atoms with E-state index in [1.54, 1.807) is 30.3 Å². The first-order valence-corrected chi connectivity index (χ1v) is 8.64. The molecule has 3 rings (SSSR count). The molecule has 1 amide bonds. The van der Waals surface area contributed by atoms with E-state index in [2.05, 4.69) is 5.32 Å². The summed E-state index contributed by atoms with van der Waals surface area (Å²) in [7, 11) is 1.53. The number of halogens is 1.